The van der Waals surface area contributed by atoms with Crippen LogP contribution in [0.2, 0.25) is 0 Å². The summed E-state index contributed by atoms with van der Waals surface area (Å²) in [7, 11) is 0. The first kappa shape index (κ1) is 33.8. The van der Waals surface area contributed by atoms with Crippen molar-refractivity contribution in [2.45, 2.75) is 0 Å². The van der Waals surface area contributed by atoms with Crippen molar-refractivity contribution in [2.24, 2.45) is 0 Å². The van der Waals surface area contributed by atoms with E-state index >= 15 is 0 Å². The molecule has 0 spiro atoms. The summed E-state index contributed by atoms with van der Waals surface area (Å²) in [5, 5.41) is 9.76. The van der Waals surface area contributed by atoms with Gasteiger partial charge >= 0.3 is 0 Å². The first-order chi connectivity index (χ1) is 30.3. The molecule has 0 aliphatic rings. The van der Waals surface area contributed by atoms with E-state index < -0.39 is 0 Å². The van der Waals surface area contributed by atoms with Gasteiger partial charge in [-0.05, 0) is 123 Å². The number of hydrogen-bond donors (Lipinski definition) is 0. The molecule has 0 aliphatic heterocycles. The van der Waals surface area contributed by atoms with E-state index in [1.807, 2.05) is 0 Å². The van der Waals surface area contributed by atoms with Crippen molar-refractivity contribution in [3.05, 3.63) is 218 Å². The zero-order valence-electron chi connectivity index (χ0n) is 33.1. The van der Waals surface area contributed by atoms with Crippen LogP contribution in [0.15, 0.2) is 223 Å². The standard InChI is InChI=1S/C58H36N2O/c1-3-17-42(18-4-1)59-50-25-10-9-22-47(50)48-36-41(30-32-51(48)59)46-24-13-27-55-58(46)57-45(23-12-26-54(57)61-55)40-16-11-15-38(34-40)39-29-31-52-49(35-39)56-44-21-8-7-14-37(44)28-33-53(56)60(52)43-19-5-2-6-20-43/h1-36H. The Balaban J connectivity index is 0.985. The van der Waals surface area contributed by atoms with Gasteiger partial charge < -0.3 is 13.6 Å². The van der Waals surface area contributed by atoms with Crippen LogP contribution in [0.4, 0.5) is 0 Å². The smallest absolute Gasteiger partial charge is 0.136 e. The van der Waals surface area contributed by atoms with Gasteiger partial charge in [0.25, 0.3) is 0 Å². The van der Waals surface area contributed by atoms with Gasteiger partial charge in [-0.2, -0.15) is 0 Å². The van der Waals surface area contributed by atoms with Gasteiger partial charge in [0.2, 0.25) is 0 Å². The van der Waals surface area contributed by atoms with Crippen LogP contribution in [0.25, 0.3) is 121 Å². The number of para-hydroxylation sites is 3. The molecule has 3 aromatic heterocycles. The average Bonchev–Trinajstić information content (AvgIpc) is 4.00. The van der Waals surface area contributed by atoms with Crippen LogP contribution in [-0.4, -0.2) is 9.13 Å². The van der Waals surface area contributed by atoms with Crippen LogP contribution in [0.3, 0.4) is 0 Å². The largest absolute Gasteiger partial charge is 0.456 e. The minimum atomic E-state index is 0.883. The van der Waals surface area contributed by atoms with E-state index in [9.17, 15) is 0 Å². The molecule has 13 aromatic rings. The Kier molecular flexibility index (Phi) is 7.31. The molecular formula is C58H36N2O. The second-order valence-electron chi connectivity index (χ2n) is 16.0. The molecule has 0 bridgehead atoms. The van der Waals surface area contributed by atoms with Crippen molar-refractivity contribution in [3.63, 3.8) is 0 Å². The number of aromatic nitrogens is 2. The number of benzene rings is 10. The fourth-order valence-electron chi connectivity index (χ4n) is 10.0. The topological polar surface area (TPSA) is 23.0 Å². The highest BCUT2D eigenvalue weighted by molar-refractivity contribution is 6.22. The number of nitrogens with zero attached hydrogens (tertiary/aromatic N) is 2. The summed E-state index contributed by atoms with van der Waals surface area (Å²) in [6.07, 6.45) is 0. The molecule has 0 aliphatic carbocycles. The van der Waals surface area contributed by atoms with Crippen molar-refractivity contribution < 1.29 is 4.42 Å². The van der Waals surface area contributed by atoms with E-state index in [-0.39, 0.29) is 0 Å². The fourth-order valence-corrected chi connectivity index (χ4v) is 10.0. The number of fused-ring (bicyclic) bond motifs is 11. The van der Waals surface area contributed by atoms with Crippen LogP contribution in [0, 0.1) is 0 Å². The Morgan fingerprint density at radius 1 is 0.279 bits per heavy atom. The lowest BCUT2D eigenvalue weighted by Gasteiger charge is -2.11. The highest BCUT2D eigenvalue weighted by atomic mass is 16.3. The van der Waals surface area contributed by atoms with Crippen LogP contribution in [0.1, 0.15) is 0 Å². The molecule has 284 valence electrons. The van der Waals surface area contributed by atoms with E-state index in [4.69, 9.17) is 4.42 Å². The van der Waals surface area contributed by atoms with Gasteiger partial charge in [0.05, 0.1) is 22.1 Å². The van der Waals surface area contributed by atoms with Crippen molar-refractivity contribution in [1.82, 2.24) is 9.13 Å². The SMILES string of the molecule is c1ccc(-n2c3ccccc3c3cc(-c4cccc5oc6cccc(-c7cccc(-c8ccc9c(c8)c8c%10ccccc%10ccc8n9-c8ccccc8)c7)c6c45)ccc32)cc1. The highest BCUT2D eigenvalue weighted by Gasteiger charge is 2.20. The summed E-state index contributed by atoms with van der Waals surface area (Å²) in [5.74, 6) is 0. The first-order valence-electron chi connectivity index (χ1n) is 20.9. The van der Waals surface area contributed by atoms with Crippen LogP contribution >= 0.6 is 0 Å². The van der Waals surface area contributed by atoms with Gasteiger partial charge in [-0.15, -0.1) is 0 Å². The maximum Gasteiger partial charge on any atom is 0.136 e. The lowest BCUT2D eigenvalue weighted by atomic mass is 9.92. The highest BCUT2D eigenvalue weighted by Crippen LogP contribution is 2.44. The summed E-state index contributed by atoms with van der Waals surface area (Å²) in [6.45, 7) is 0. The summed E-state index contributed by atoms with van der Waals surface area (Å²) < 4.78 is 11.4. The van der Waals surface area contributed by atoms with Gasteiger partial charge in [0, 0.05) is 43.7 Å². The molecule has 3 heterocycles. The summed E-state index contributed by atoms with van der Waals surface area (Å²) >= 11 is 0. The van der Waals surface area contributed by atoms with Crippen LogP contribution in [-0.2, 0) is 0 Å². The monoisotopic (exact) mass is 776 g/mol. The van der Waals surface area contributed by atoms with Crippen molar-refractivity contribution >= 4 is 76.3 Å². The minimum Gasteiger partial charge on any atom is -0.456 e. The van der Waals surface area contributed by atoms with E-state index in [0.717, 1.165) is 55.6 Å². The zero-order chi connectivity index (χ0) is 40.0. The van der Waals surface area contributed by atoms with Crippen LogP contribution < -0.4 is 0 Å². The Morgan fingerprint density at radius 3 is 1.52 bits per heavy atom. The Labute approximate surface area is 351 Å². The normalized spacial score (nSPS) is 11.9. The predicted molar refractivity (Wildman–Crippen MR) is 256 cm³/mol. The lowest BCUT2D eigenvalue weighted by molar-refractivity contribution is 0.669. The lowest BCUT2D eigenvalue weighted by Crippen LogP contribution is -1.93. The number of rotatable bonds is 5. The molecule has 0 atom stereocenters. The van der Waals surface area contributed by atoms with Gasteiger partial charge in [0.15, 0.2) is 0 Å². The summed E-state index contributed by atoms with van der Waals surface area (Å²) in [5.41, 5.74) is 15.9. The molecule has 61 heavy (non-hydrogen) atoms. The van der Waals surface area contributed by atoms with E-state index in [0.29, 0.717) is 0 Å². The maximum atomic E-state index is 6.67. The zero-order valence-corrected chi connectivity index (χ0v) is 33.1. The number of furan rings is 1. The van der Waals surface area contributed by atoms with Crippen LogP contribution in [0.5, 0.6) is 0 Å². The fraction of sp³-hybridized carbons (Fsp3) is 0. The number of hydrogen-bond acceptors (Lipinski definition) is 1. The molecule has 3 heteroatoms. The van der Waals surface area contributed by atoms with E-state index in [1.54, 1.807) is 0 Å². The third kappa shape index (κ3) is 5.11. The Bertz CT molecular complexity index is 3870. The van der Waals surface area contributed by atoms with E-state index in [2.05, 4.69) is 228 Å². The second kappa shape index (κ2) is 13.2. The van der Waals surface area contributed by atoms with Crippen molar-refractivity contribution in [2.75, 3.05) is 0 Å². The third-order valence-corrected chi connectivity index (χ3v) is 12.7. The maximum absolute atomic E-state index is 6.67. The van der Waals surface area contributed by atoms with Gasteiger partial charge in [-0.3, -0.25) is 0 Å². The van der Waals surface area contributed by atoms with E-state index in [1.165, 1.54) is 65.5 Å². The molecule has 0 saturated carbocycles. The molecular weight excluding hydrogens is 741 g/mol. The van der Waals surface area contributed by atoms with Crippen molar-refractivity contribution in [3.8, 4) is 44.8 Å². The predicted octanol–water partition coefficient (Wildman–Crippen LogP) is 15.9. The van der Waals surface area contributed by atoms with Gasteiger partial charge in [-0.25, -0.2) is 0 Å². The quantitative estimate of drug-likeness (QED) is 0.171. The average molecular weight is 777 g/mol. The molecule has 3 nitrogen and oxygen atoms in total. The van der Waals surface area contributed by atoms with Gasteiger partial charge in [-0.1, -0.05) is 140 Å². The first-order valence-corrected chi connectivity index (χ1v) is 20.9. The molecule has 13 rings (SSSR count). The molecule has 0 unspecified atom stereocenters. The Morgan fingerprint density at radius 2 is 0.787 bits per heavy atom. The molecule has 0 radical (unpaired) electrons. The molecule has 0 N–H and O–H groups in total. The minimum absolute atomic E-state index is 0.883. The third-order valence-electron chi connectivity index (χ3n) is 12.7. The summed E-state index contributed by atoms with van der Waals surface area (Å²) in [4.78, 5) is 0. The molecule has 0 fully saturated rings. The molecule has 10 aromatic carbocycles. The molecule has 0 saturated heterocycles. The summed E-state index contributed by atoms with van der Waals surface area (Å²) in [6, 6.07) is 79.1. The Hall–Kier alpha value is -8.14. The van der Waals surface area contributed by atoms with Gasteiger partial charge in [0.1, 0.15) is 11.2 Å². The van der Waals surface area contributed by atoms with Crippen molar-refractivity contribution in [1.29, 1.82) is 0 Å². The molecule has 0 amide bonds. The second-order valence-corrected chi connectivity index (χ2v) is 16.0.